The third-order valence-electron chi connectivity index (χ3n) is 4.39. The summed E-state index contributed by atoms with van der Waals surface area (Å²) in [7, 11) is 0. The molecule has 3 heteroatoms. The van der Waals surface area contributed by atoms with Gasteiger partial charge in [0.25, 0.3) is 0 Å². The molecule has 1 aliphatic heterocycles. The van der Waals surface area contributed by atoms with Gasteiger partial charge < -0.3 is 9.84 Å². The molecule has 0 aliphatic carbocycles. The van der Waals surface area contributed by atoms with Gasteiger partial charge in [0.15, 0.2) is 6.10 Å². The van der Waals surface area contributed by atoms with E-state index < -0.39 is 12.1 Å². The second-order valence-electron chi connectivity index (χ2n) is 6.00. The molecule has 3 nitrogen and oxygen atoms in total. The van der Waals surface area contributed by atoms with Crippen molar-refractivity contribution in [2.45, 2.75) is 38.4 Å². The van der Waals surface area contributed by atoms with Crippen molar-refractivity contribution in [3.05, 3.63) is 70.8 Å². The Morgan fingerprint density at radius 1 is 1.14 bits per heavy atom. The van der Waals surface area contributed by atoms with Gasteiger partial charge in [-0.25, -0.2) is 4.79 Å². The molecule has 114 valence electrons. The van der Waals surface area contributed by atoms with E-state index in [1.165, 1.54) is 5.56 Å². The number of carbonyl (C=O) groups is 1. The fourth-order valence-corrected chi connectivity index (χ4v) is 3.31. The highest BCUT2D eigenvalue weighted by atomic mass is 16.5. The first-order valence-electron chi connectivity index (χ1n) is 7.56. The van der Waals surface area contributed by atoms with Crippen LogP contribution in [0.5, 0.6) is 0 Å². The molecule has 1 fully saturated rings. The van der Waals surface area contributed by atoms with Gasteiger partial charge in [0.05, 0.1) is 6.10 Å². The number of hydrogen-bond acceptors (Lipinski definition) is 2. The average Bonchev–Trinajstić information content (AvgIpc) is 2.93. The van der Waals surface area contributed by atoms with Crippen molar-refractivity contribution in [2.75, 3.05) is 0 Å². The van der Waals surface area contributed by atoms with Crippen LogP contribution in [0.3, 0.4) is 0 Å². The van der Waals surface area contributed by atoms with Crippen LogP contribution in [0, 0.1) is 13.8 Å². The van der Waals surface area contributed by atoms with Gasteiger partial charge in [-0.1, -0.05) is 54.1 Å². The molecular weight excluding hydrogens is 276 g/mol. The molecule has 3 rings (SSSR count). The van der Waals surface area contributed by atoms with E-state index in [0.29, 0.717) is 6.42 Å². The van der Waals surface area contributed by atoms with Gasteiger partial charge in [0.2, 0.25) is 0 Å². The Morgan fingerprint density at radius 3 is 2.50 bits per heavy atom. The molecule has 0 bridgehead atoms. The predicted octanol–water partition coefficient (Wildman–Crippen LogP) is 4.00. The second-order valence-corrected chi connectivity index (χ2v) is 6.00. The summed E-state index contributed by atoms with van der Waals surface area (Å²) in [4.78, 5) is 11.6. The van der Waals surface area contributed by atoms with E-state index in [9.17, 15) is 9.90 Å². The third kappa shape index (κ3) is 2.77. The Balaban J connectivity index is 1.92. The summed E-state index contributed by atoms with van der Waals surface area (Å²) in [5, 5.41) is 9.50. The number of carboxylic acid groups (broad SMARTS) is 1. The van der Waals surface area contributed by atoms with Crippen molar-refractivity contribution < 1.29 is 14.6 Å². The molecule has 0 radical (unpaired) electrons. The maximum absolute atomic E-state index is 11.6. The van der Waals surface area contributed by atoms with E-state index in [0.717, 1.165) is 16.7 Å². The van der Waals surface area contributed by atoms with Crippen LogP contribution >= 0.6 is 0 Å². The topological polar surface area (TPSA) is 46.5 Å². The quantitative estimate of drug-likeness (QED) is 0.931. The van der Waals surface area contributed by atoms with Crippen LogP contribution in [0.25, 0.3) is 0 Å². The van der Waals surface area contributed by atoms with E-state index in [1.807, 2.05) is 30.3 Å². The molecule has 0 spiro atoms. The SMILES string of the molecule is Cc1ccc(C2CC(c3ccccc3)C(C(=O)O)O2)c(C)c1. The second kappa shape index (κ2) is 5.93. The summed E-state index contributed by atoms with van der Waals surface area (Å²) in [6, 6.07) is 16.0. The van der Waals surface area contributed by atoms with E-state index >= 15 is 0 Å². The number of carboxylic acids is 1. The van der Waals surface area contributed by atoms with Crippen LogP contribution in [-0.2, 0) is 9.53 Å². The van der Waals surface area contributed by atoms with Crippen LogP contribution in [0.2, 0.25) is 0 Å². The minimum Gasteiger partial charge on any atom is -0.479 e. The minimum absolute atomic E-state index is 0.107. The molecule has 1 heterocycles. The van der Waals surface area contributed by atoms with Crippen LogP contribution in [-0.4, -0.2) is 17.2 Å². The lowest BCUT2D eigenvalue weighted by atomic mass is 9.88. The highest BCUT2D eigenvalue weighted by Gasteiger charge is 2.41. The molecule has 2 aromatic carbocycles. The first-order valence-corrected chi connectivity index (χ1v) is 7.56. The van der Waals surface area contributed by atoms with Crippen molar-refractivity contribution in [1.29, 1.82) is 0 Å². The fraction of sp³-hybridized carbons (Fsp3) is 0.316. The van der Waals surface area contributed by atoms with Crippen molar-refractivity contribution in [3.63, 3.8) is 0 Å². The van der Waals surface area contributed by atoms with Gasteiger partial charge >= 0.3 is 5.97 Å². The lowest BCUT2D eigenvalue weighted by Crippen LogP contribution is -2.25. The normalized spacial score (nSPS) is 24.4. The van der Waals surface area contributed by atoms with Gasteiger partial charge in [-0.3, -0.25) is 0 Å². The Labute approximate surface area is 130 Å². The zero-order chi connectivity index (χ0) is 15.7. The number of aryl methyl sites for hydroxylation is 2. The molecular formula is C19H20O3. The smallest absolute Gasteiger partial charge is 0.333 e. The van der Waals surface area contributed by atoms with Crippen molar-refractivity contribution in [2.24, 2.45) is 0 Å². The zero-order valence-corrected chi connectivity index (χ0v) is 12.8. The molecule has 3 unspecified atom stereocenters. The van der Waals surface area contributed by atoms with Gasteiger partial charge in [-0.15, -0.1) is 0 Å². The molecule has 22 heavy (non-hydrogen) atoms. The Bertz CT molecular complexity index is 678. The largest absolute Gasteiger partial charge is 0.479 e. The van der Waals surface area contributed by atoms with Crippen molar-refractivity contribution in [1.82, 2.24) is 0 Å². The summed E-state index contributed by atoms with van der Waals surface area (Å²) in [5.74, 6) is -0.995. The van der Waals surface area contributed by atoms with E-state index in [-0.39, 0.29) is 12.0 Å². The minimum atomic E-state index is -0.888. The fourth-order valence-electron chi connectivity index (χ4n) is 3.31. The molecule has 0 saturated carbocycles. The number of ether oxygens (including phenoxy) is 1. The summed E-state index contributed by atoms with van der Waals surface area (Å²) in [5.41, 5.74) is 4.48. The molecule has 2 aromatic rings. The van der Waals surface area contributed by atoms with Crippen LogP contribution < -0.4 is 0 Å². The molecule has 0 aromatic heterocycles. The maximum Gasteiger partial charge on any atom is 0.333 e. The first kappa shape index (κ1) is 14.8. The monoisotopic (exact) mass is 296 g/mol. The number of benzene rings is 2. The molecule has 0 amide bonds. The first-order chi connectivity index (χ1) is 10.6. The van der Waals surface area contributed by atoms with Crippen LogP contribution in [0.4, 0.5) is 0 Å². The number of rotatable bonds is 3. The van der Waals surface area contributed by atoms with Crippen molar-refractivity contribution in [3.8, 4) is 0 Å². The summed E-state index contributed by atoms with van der Waals surface area (Å²) in [6.45, 7) is 4.11. The summed E-state index contributed by atoms with van der Waals surface area (Å²) >= 11 is 0. The summed E-state index contributed by atoms with van der Waals surface area (Å²) in [6.07, 6.45) is -0.245. The number of aliphatic carboxylic acids is 1. The third-order valence-corrected chi connectivity index (χ3v) is 4.39. The van der Waals surface area contributed by atoms with Crippen LogP contribution in [0.15, 0.2) is 48.5 Å². The van der Waals surface area contributed by atoms with E-state index in [2.05, 4.69) is 32.0 Å². The predicted molar refractivity (Wildman–Crippen MR) is 85.0 cm³/mol. The molecule has 1 saturated heterocycles. The Kier molecular flexibility index (Phi) is 3.99. The van der Waals surface area contributed by atoms with Gasteiger partial charge in [0, 0.05) is 5.92 Å². The number of hydrogen-bond donors (Lipinski definition) is 1. The highest BCUT2D eigenvalue weighted by Crippen LogP contribution is 2.43. The average molecular weight is 296 g/mol. The molecule has 3 atom stereocenters. The van der Waals surface area contributed by atoms with Gasteiger partial charge in [-0.05, 0) is 37.0 Å². The van der Waals surface area contributed by atoms with Gasteiger partial charge in [0.1, 0.15) is 0 Å². The highest BCUT2D eigenvalue weighted by molar-refractivity contribution is 5.74. The Morgan fingerprint density at radius 2 is 1.86 bits per heavy atom. The molecule has 1 aliphatic rings. The lowest BCUT2D eigenvalue weighted by Gasteiger charge is -2.14. The van der Waals surface area contributed by atoms with Crippen molar-refractivity contribution >= 4 is 5.97 Å². The van der Waals surface area contributed by atoms with E-state index in [4.69, 9.17) is 4.74 Å². The van der Waals surface area contributed by atoms with Gasteiger partial charge in [-0.2, -0.15) is 0 Å². The zero-order valence-electron chi connectivity index (χ0n) is 12.8. The van der Waals surface area contributed by atoms with Crippen LogP contribution in [0.1, 0.15) is 40.7 Å². The molecule has 1 N–H and O–H groups in total. The summed E-state index contributed by atoms with van der Waals surface area (Å²) < 4.78 is 5.90. The van der Waals surface area contributed by atoms with E-state index in [1.54, 1.807) is 0 Å². The standard InChI is InChI=1S/C19H20O3/c1-12-8-9-15(13(2)10-12)17-11-16(18(22-17)19(20)21)14-6-4-3-5-7-14/h3-10,16-18H,11H2,1-2H3,(H,20,21). The maximum atomic E-state index is 11.6. The lowest BCUT2D eigenvalue weighted by molar-refractivity contribution is -0.150. The Hall–Kier alpha value is -2.13.